The Morgan fingerprint density at radius 1 is 1.36 bits per heavy atom. The van der Waals surface area contributed by atoms with E-state index >= 15 is 0 Å². The lowest BCUT2D eigenvalue weighted by molar-refractivity contribution is 0.130. The molecule has 14 heavy (non-hydrogen) atoms. The number of halogens is 3. The molecule has 0 aliphatic heterocycles. The van der Waals surface area contributed by atoms with Crippen LogP contribution in [0.25, 0.3) is 0 Å². The summed E-state index contributed by atoms with van der Waals surface area (Å²) in [6, 6.07) is 4.66. The van der Waals surface area contributed by atoms with Gasteiger partial charge >= 0.3 is 0 Å². The van der Waals surface area contributed by atoms with Gasteiger partial charge in [-0.3, -0.25) is 0 Å². The zero-order chi connectivity index (χ0) is 10.7. The van der Waals surface area contributed by atoms with E-state index in [1.54, 1.807) is 6.07 Å². The summed E-state index contributed by atoms with van der Waals surface area (Å²) in [5.41, 5.74) is 1.69. The van der Waals surface area contributed by atoms with Crippen LogP contribution in [0.1, 0.15) is 12.5 Å². The normalized spacial score (nSPS) is 13.0. The quantitative estimate of drug-likeness (QED) is 0.875. The van der Waals surface area contributed by atoms with Crippen molar-refractivity contribution in [2.24, 2.45) is 0 Å². The van der Waals surface area contributed by atoms with Crippen molar-refractivity contribution in [2.75, 3.05) is 5.32 Å². The molecular formula is C10H12BrF2N. The maximum atomic E-state index is 12.3. The molecule has 1 rings (SSSR count). The van der Waals surface area contributed by atoms with Crippen molar-refractivity contribution in [3.05, 3.63) is 28.2 Å². The van der Waals surface area contributed by atoms with Crippen molar-refractivity contribution in [1.29, 1.82) is 0 Å². The third-order valence-corrected chi connectivity index (χ3v) is 2.89. The van der Waals surface area contributed by atoms with Gasteiger partial charge in [-0.05, 0) is 31.5 Å². The lowest BCUT2D eigenvalue weighted by Gasteiger charge is -2.16. The standard InChI is InChI=1S/C10H12BrF2N/c1-6-8(11)4-3-5-9(6)14-7(2)10(12)13/h3-5,7,10,14H,1-2H3. The third kappa shape index (κ3) is 2.67. The Morgan fingerprint density at radius 2 is 2.00 bits per heavy atom. The molecule has 1 aromatic carbocycles. The number of alkyl halides is 2. The Balaban J connectivity index is 2.82. The highest BCUT2D eigenvalue weighted by Crippen LogP contribution is 2.24. The molecule has 0 aliphatic carbocycles. The molecule has 0 radical (unpaired) electrons. The van der Waals surface area contributed by atoms with Gasteiger partial charge in [0.05, 0.1) is 6.04 Å². The fourth-order valence-electron chi connectivity index (χ4n) is 1.07. The second-order valence-electron chi connectivity index (χ2n) is 3.18. The molecule has 0 aromatic heterocycles. The smallest absolute Gasteiger partial charge is 0.258 e. The molecule has 1 aromatic rings. The van der Waals surface area contributed by atoms with Gasteiger partial charge < -0.3 is 5.32 Å². The first-order valence-electron chi connectivity index (χ1n) is 4.32. The predicted octanol–water partition coefficient (Wildman–Crippen LogP) is 3.82. The van der Waals surface area contributed by atoms with Crippen LogP contribution in [0, 0.1) is 6.92 Å². The van der Waals surface area contributed by atoms with Crippen LogP contribution < -0.4 is 5.32 Å². The average molecular weight is 264 g/mol. The van der Waals surface area contributed by atoms with E-state index in [1.807, 2.05) is 19.1 Å². The minimum absolute atomic E-state index is 0.743. The van der Waals surface area contributed by atoms with Crippen LogP contribution in [-0.2, 0) is 0 Å². The number of nitrogens with one attached hydrogen (secondary N) is 1. The predicted molar refractivity (Wildman–Crippen MR) is 58.0 cm³/mol. The highest BCUT2D eigenvalue weighted by molar-refractivity contribution is 9.10. The van der Waals surface area contributed by atoms with E-state index < -0.39 is 12.5 Å². The molecule has 0 saturated carbocycles. The molecule has 1 N–H and O–H groups in total. The van der Waals surface area contributed by atoms with Crippen LogP contribution in [0.15, 0.2) is 22.7 Å². The number of rotatable bonds is 3. The molecule has 1 nitrogen and oxygen atoms in total. The maximum absolute atomic E-state index is 12.3. The Morgan fingerprint density at radius 3 is 2.57 bits per heavy atom. The van der Waals surface area contributed by atoms with Gasteiger partial charge in [0.25, 0.3) is 6.43 Å². The van der Waals surface area contributed by atoms with E-state index in [2.05, 4.69) is 21.2 Å². The summed E-state index contributed by atoms with van der Waals surface area (Å²) in [7, 11) is 0. The van der Waals surface area contributed by atoms with Gasteiger partial charge in [0, 0.05) is 10.2 Å². The summed E-state index contributed by atoms with van der Waals surface area (Å²) in [5, 5.41) is 2.77. The first-order chi connectivity index (χ1) is 6.52. The van der Waals surface area contributed by atoms with Crippen molar-refractivity contribution in [3.63, 3.8) is 0 Å². The topological polar surface area (TPSA) is 12.0 Å². The van der Waals surface area contributed by atoms with Crippen LogP contribution in [0.4, 0.5) is 14.5 Å². The Kier molecular flexibility index (Phi) is 3.86. The van der Waals surface area contributed by atoms with E-state index in [9.17, 15) is 8.78 Å². The molecule has 0 bridgehead atoms. The first kappa shape index (κ1) is 11.4. The number of benzene rings is 1. The maximum Gasteiger partial charge on any atom is 0.258 e. The molecule has 1 atom stereocenters. The summed E-state index contributed by atoms with van der Waals surface area (Å²) in [5.74, 6) is 0. The molecular weight excluding hydrogens is 252 g/mol. The van der Waals surface area contributed by atoms with Crippen molar-refractivity contribution < 1.29 is 8.78 Å². The fourth-order valence-corrected chi connectivity index (χ4v) is 1.44. The monoisotopic (exact) mass is 263 g/mol. The van der Waals surface area contributed by atoms with Gasteiger partial charge in [0.1, 0.15) is 0 Å². The van der Waals surface area contributed by atoms with Crippen LogP contribution in [0.5, 0.6) is 0 Å². The second-order valence-corrected chi connectivity index (χ2v) is 4.03. The molecule has 1 unspecified atom stereocenters. The Hall–Kier alpha value is -0.640. The highest BCUT2D eigenvalue weighted by atomic mass is 79.9. The molecule has 78 valence electrons. The van der Waals surface area contributed by atoms with Crippen molar-refractivity contribution >= 4 is 21.6 Å². The molecule has 0 amide bonds. The SMILES string of the molecule is Cc1c(Br)cccc1NC(C)C(F)F. The summed E-state index contributed by atoms with van der Waals surface area (Å²) in [4.78, 5) is 0. The van der Waals surface area contributed by atoms with Crippen LogP contribution in [0.2, 0.25) is 0 Å². The average Bonchev–Trinajstić information content (AvgIpc) is 2.12. The van der Waals surface area contributed by atoms with Crippen molar-refractivity contribution in [1.82, 2.24) is 0 Å². The zero-order valence-electron chi connectivity index (χ0n) is 8.02. The van der Waals surface area contributed by atoms with E-state index in [4.69, 9.17) is 0 Å². The number of hydrogen-bond donors (Lipinski definition) is 1. The number of anilines is 1. The van der Waals surface area contributed by atoms with Gasteiger partial charge in [-0.25, -0.2) is 8.78 Å². The molecule has 0 heterocycles. The number of hydrogen-bond acceptors (Lipinski definition) is 1. The second kappa shape index (κ2) is 4.73. The summed E-state index contributed by atoms with van der Waals surface area (Å²) >= 11 is 3.35. The largest absolute Gasteiger partial charge is 0.377 e. The van der Waals surface area contributed by atoms with Gasteiger partial charge in [0.15, 0.2) is 0 Å². The molecule has 4 heteroatoms. The van der Waals surface area contributed by atoms with Crippen LogP contribution in [-0.4, -0.2) is 12.5 Å². The molecule has 0 fully saturated rings. The van der Waals surface area contributed by atoms with Gasteiger partial charge in [-0.1, -0.05) is 22.0 Å². The van der Waals surface area contributed by atoms with Crippen molar-refractivity contribution in [3.8, 4) is 0 Å². The summed E-state index contributed by atoms with van der Waals surface area (Å²) < 4.78 is 25.5. The molecule has 0 spiro atoms. The minimum atomic E-state index is -2.35. The Bertz CT molecular complexity index is 315. The fraction of sp³-hybridized carbons (Fsp3) is 0.400. The lowest BCUT2D eigenvalue weighted by Crippen LogP contribution is -2.24. The van der Waals surface area contributed by atoms with Gasteiger partial charge in [-0.15, -0.1) is 0 Å². The van der Waals surface area contributed by atoms with E-state index in [0.29, 0.717) is 0 Å². The van der Waals surface area contributed by atoms with Gasteiger partial charge in [-0.2, -0.15) is 0 Å². The van der Waals surface area contributed by atoms with Crippen molar-refractivity contribution in [2.45, 2.75) is 26.3 Å². The minimum Gasteiger partial charge on any atom is -0.377 e. The van der Waals surface area contributed by atoms with Crippen LogP contribution >= 0.6 is 15.9 Å². The molecule has 0 aliphatic rings. The summed E-state index contributed by atoms with van der Waals surface area (Å²) in [6.07, 6.45) is -2.35. The first-order valence-corrected chi connectivity index (χ1v) is 5.11. The Labute approximate surface area is 90.6 Å². The zero-order valence-corrected chi connectivity index (χ0v) is 9.61. The van der Waals surface area contributed by atoms with E-state index in [-0.39, 0.29) is 0 Å². The van der Waals surface area contributed by atoms with E-state index in [0.717, 1.165) is 15.7 Å². The highest BCUT2D eigenvalue weighted by Gasteiger charge is 2.14. The third-order valence-electron chi connectivity index (χ3n) is 2.03. The van der Waals surface area contributed by atoms with E-state index in [1.165, 1.54) is 6.92 Å². The van der Waals surface area contributed by atoms with Gasteiger partial charge in [0.2, 0.25) is 0 Å². The lowest BCUT2D eigenvalue weighted by atomic mass is 10.2. The molecule has 0 saturated heterocycles. The summed E-state index contributed by atoms with van der Waals surface area (Å²) in [6.45, 7) is 3.34. The van der Waals surface area contributed by atoms with Crippen LogP contribution in [0.3, 0.4) is 0 Å².